The third-order valence-corrected chi connectivity index (χ3v) is 4.95. The number of thiophene rings is 1. The summed E-state index contributed by atoms with van der Waals surface area (Å²) >= 11 is 7.81. The predicted octanol–water partition coefficient (Wildman–Crippen LogP) is 4.25. The molecule has 0 spiro atoms. The molecule has 1 heterocycles. The Bertz CT molecular complexity index is 504. The van der Waals surface area contributed by atoms with Crippen LogP contribution >= 0.6 is 22.9 Å². The van der Waals surface area contributed by atoms with Gasteiger partial charge < -0.3 is 5.73 Å². The fourth-order valence-electron chi connectivity index (χ4n) is 2.01. The molecule has 1 nitrogen and oxygen atoms in total. The van der Waals surface area contributed by atoms with Crippen molar-refractivity contribution < 1.29 is 0 Å². The predicted molar refractivity (Wildman–Crippen MR) is 80.5 cm³/mol. The molecule has 2 N–H and O–H groups in total. The van der Waals surface area contributed by atoms with Crippen LogP contribution < -0.4 is 5.73 Å². The summed E-state index contributed by atoms with van der Waals surface area (Å²) in [7, 11) is 0. The zero-order valence-corrected chi connectivity index (χ0v) is 12.3. The Morgan fingerprint density at radius 3 is 2.44 bits per heavy atom. The molecule has 2 rings (SSSR count). The van der Waals surface area contributed by atoms with Crippen LogP contribution in [0, 0.1) is 0 Å². The Kier molecular flexibility index (Phi) is 4.10. The van der Waals surface area contributed by atoms with Crippen LogP contribution in [0.2, 0.25) is 5.02 Å². The lowest BCUT2D eigenvalue weighted by molar-refractivity contribution is 0.408. The van der Waals surface area contributed by atoms with E-state index >= 15 is 0 Å². The standard InChI is InChI=1S/C15H18ClNS/c1-15(2,11-6-4-3-5-7-11)14(17)10-13-12(16)8-9-18-13/h3-9,14H,10,17H2,1-2H3. The number of benzene rings is 1. The smallest absolute Gasteiger partial charge is 0.0545 e. The Morgan fingerprint density at radius 1 is 1.22 bits per heavy atom. The molecule has 2 aromatic rings. The van der Waals surface area contributed by atoms with Gasteiger partial charge in [0.05, 0.1) is 5.02 Å². The van der Waals surface area contributed by atoms with Gasteiger partial charge in [0.25, 0.3) is 0 Å². The van der Waals surface area contributed by atoms with E-state index in [0.29, 0.717) is 0 Å². The van der Waals surface area contributed by atoms with Crippen molar-refractivity contribution in [3.63, 3.8) is 0 Å². The zero-order chi connectivity index (χ0) is 13.2. The van der Waals surface area contributed by atoms with E-state index in [2.05, 4.69) is 38.1 Å². The number of rotatable bonds is 4. The summed E-state index contributed by atoms with van der Waals surface area (Å²) in [5.41, 5.74) is 7.60. The minimum Gasteiger partial charge on any atom is -0.327 e. The van der Waals surface area contributed by atoms with Crippen LogP contribution in [0.25, 0.3) is 0 Å². The van der Waals surface area contributed by atoms with Gasteiger partial charge in [-0.15, -0.1) is 11.3 Å². The first-order valence-corrected chi connectivity index (χ1v) is 7.30. The summed E-state index contributed by atoms with van der Waals surface area (Å²) in [4.78, 5) is 1.17. The lowest BCUT2D eigenvalue weighted by Gasteiger charge is -2.32. The molecular weight excluding hydrogens is 262 g/mol. The number of halogens is 1. The summed E-state index contributed by atoms with van der Waals surface area (Å²) in [6.45, 7) is 4.38. The molecule has 0 aliphatic heterocycles. The van der Waals surface area contributed by atoms with Gasteiger partial charge in [-0.25, -0.2) is 0 Å². The van der Waals surface area contributed by atoms with E-state index in [1.807, 2.05) is 17.5 Å². The molecule has 1 atom stereocenters. The van der Waals surface area contributed by atoms with E-state index in [1.165, 1.54) is 10.4 Å². The first-order valence-electron chi connectivity index (χ1n) is 6.05. The summed E-state index contributed by atoms with van der Waals surface area (Å²) in [5.74, 6) is 0. The van der Waals surface area contributed by atoms with E-state index in [4.69, 9.17) is 17.3 Å². The van der Waals surface area contributed by atoms with Gasteiger partial charge in [-0.2, -0.15) is 0 Å². The van der Waals surface area contributed by atoms with E-state index in [9.17, 15) is 0 Å². The molecule has 0 aliphatic carbocycles. The van der Waals surface area contributed by atoms with Gasteiger partial charge in [-0.1, -0.05) is 55.8 Å². The molecule has 1 unspecified atom stereocenters. The Hall–Kier alpha value is -0.830. The SMILES string of the molecule is CC(C)(c1ccccc1)C(N)Cc1sccc1Cl. The fourth-order valence-corrected chi connectivity index (χ4v) is 3.18. The van der Waals surface area contributed by atoms with E-state index in [0.717, 1.165) is 11.4 Å². The van der Waals surface area contributed by atoms with Crippen molar-refractivity contribution in [2.24, 2.45) is 5.73 Å². The monoisotopic (exact) mass is 279 g/mol. The Balaban J connectivity index is 2.18. The van der Waals surface area contributed by atoms with Gasteiger partial charge in [0.1, 0.15) is 0 Å². The zero-order valence-electron chi connectivity index (χ0n) is 10.7. The van der Waals surface area contributed by atoms with E-state index in [1.54, 1.807) is 11.3 Å². The van der Waals surface area contributed by atoms with Crippen molar-refractivity contribution in [2.45, 2.75) is 31.7 Å². The normalized spacial score (nSPS) is 13.6. The Labute approximate surface area is 118 Å². The van der Waals surface area contributed by atoms with Crippen LogP contribution in [-0.2, 0) is 11.8 Å². The number of nitrogens with two attached hydrogens (primary N) is 1. The molecule has 3 heteroatoms. The van der Waals surface area contributed by atoms with Crippen LogP contribution in [0.4, 0.5) is 0 Å². The first kappa shape index (κ1) is 13.6. The van der Waals surface area contributed by atoms with Crippen molar-refractivity contribution in [1.82, 2.24) is 0 Å². The largest absolute Gasteiger partial charge is 0.327 e. The maximum Gasteiger partial charge on any atom is 0.0545 e. The summed E-state index contributed by atoms with van der Waals surface area (Å²) < 4.78 is 0. The van der Waals surface area contributed by atoms with Crippen LogP contribution in [0.5, 0.6) is 0 Å². The average molecular weight is 280 g/mol. The highest BCUT2D eigenvalue weighted by Gasteiger charge is 2.29. The molecule has 0 amide bonds. The summed E-state index contributed by atoms with van der Waals surface area (Å²) in [5, 5.41) is 2.85. The summed E-state index contributed by atoms with van der Waals surface area (Å²) in [6.07, 6.45) is 0.818. The van der Waals surface area contributed by atoms with Crippen LogP contribution in [-0.4, -0.2) is 6.04 Å². The Morgan fingerprint density at radius 2 is 1.89 bits per heavy atom. The second-order valence-corrected chi connectivity index (χ2v) is 6.50. The third-order valence-electron chi connectivity index (χ3n) is 3.54. The molecule has 1 aromatic heterocycles. The molecule has 0 aliphatic rings. The van der Waals surface area contributed by atoms with E-state index in [-0.39, 0.29) is 11.5 Å². The second-order valence-electron chi connectivity index (χ2n) is 5.09. The van der Waals surface area contributed by atoms with Crippen LogP contribution in [0.3, 0.4) is 0 Å². The second kappa shape index (κ2) is 5.43. The molecule has 0 bridgehead atoms. The van der Waals surface area contributed by atoms with Crippen molar-refractivity contribution in [2.75, 3.05) is 0 Å². The molecule has 18 heavy (non-hydrogen) atoms. The molecule has 96 valence electrons. The highest BCUT2D eigenvalue weighted by atomic mass is 35.5. The van der Waals surface area contributed by atoms with Crippen molar-refractivity contribution in [3.8, 4) is 0 Å². The number of hydrogen-bond donors (Lipinski definition) is 1. The molecule has 0 fully saturated rings. The lowest BCUT2D eigenvalue weighted by atomic mass is 9.77. The molecule has 0 saturated heterocycles. The lowest BCUT2D eigenvalue weighted by Crippen LogP contribution is -2.42. The van der Waals surface area contributed by atoms with Gasteiger partial charge in [0.15, 0.2) is 0 Å². The van der Waals surface area contributed by atoms with Gasteiger partial charge in [-0.05, 0) is 23.4 Å². The maximum atomic E-state index is 6.39. The van der Waals surface area contributed by atoms with Gasteiger partial charge >= 0.3 is 0 Å². The quantitative estimate of drug-likeness (QED) is 0.890. The minimum absolute atomic E-state index is 0.0519. The third kappa shape index (κ3) is 2.77. The summed E-state index contributed by atoms with van der Waals surface area (Å²) in [6, 6.07) is 12.4. The fraction of sp³-hybridized carbons (Fsp3) is 0.333. The van der Waals surface area contributed by atoms with Crippen molar-refractivity contribution in [3.05, 3.63) is 57.2 Å². The first-order chi connectivity index (χ1) is 8.51. The van der Waals surface area contributed by atoms with Crippen molar-refractivity contribution >= 4 is 22.9 Å². The maximum absolute atomic E-state index is 6.39. The average Bonchev–Trinajstić information content (AvgIpc) is 2.76. The van der Waals surface area contributed by atoms with Gasteiger partial charge in [0.2, 0.25) is 0 Å². The highest BCUT2D eigenvalue weighted by molar-refractivity contribution is 7.10. The highest BCUT2D eigenvalue weighted by Crippen LogP contribution is 2.31. The minimum atomic E-state index is -0.0609. The molecule has 0 saturated carbocycles. The van der Waals surface area contributed by atoms with Crippen LogP contribution in [0.15, 0.2) is 41.8 Å². The topological polar surface area (TPSA) is 26.0 Å². The molecule has 0 radical (unpaired) electrons. The van der Waals surface area contributed by atoms with E-state index < -0.39 is 0 Å². The van der Waals surface area contributed by atoms with Gasteiger partial charge in [0, 0.05) is 16.3 Å². The molecule has 1 aromatic carbocycles. The van der Waals surface area contributed by atoms with Crippen molar-refractivity contribution in [1.29, 1.82) is 0 Å². The van der Waals surface area contributed by atoms with Crippen LogP contribution in [0.1, 0.15) is 24.3 Å². The van der Waals surface area contributed by atoms with Gasteiger partial charge in [-0.3, -0.25) is 0 Å². The molecular formula is C15H18ClNS. The number of hydrogen-bond acceptors (Lipinski definition) is 2.